The van der Waals surface area contributed by atoms with E-state index in [2.05, 4.69) is 16.9 Å². The van der Waals surface area contributed by atoms with Crippen LogP contribution in [0.15, 0.2) is 88.7 Å². The van der Waals surface area contributed by atoms with Crippen LogP contribution < -0.4 is 9.62 Å². The number of carbonyl (C=O) groups is 1. The van der Waals surface area contributed by atoms with Gasteiger partial charge in [-0.05, 0) is 48.5 Å². The highest BCUT2D eigenvalue weighted by Crippen LogP contribution is 2.30. The molecule has 0 radical (unpaired) electrons. The molecule has 0 aliphatic heterocycles. The van der Waals surface area contributed by atoms with Crippen molar-refractivity contribution in [1.29, 1.82) is 0 Å². The number of aromatic nitrogens is 1. The highest BCUT2D eigenvalue weighted by atomic mass is 35.5. The van der Waals surface area contributed by atoms with E-state index in [4.69, 9.17) is 16.0 Å². The largest absolute Gasteiger partial charge is 0.441 e. The van der Waals surface area contributed by atoms with E-state index in [1.54, 1.807) is 55.5 Å². The van der Waals surface area contributed by atoms with Crippen LogP contribution in [-0.4, -0.2) is 25.9 Å². The van der Waals surface area contributed by atoms with Gasteiger partial charge in [0.1, 0.15) is 5.52 Å². The number of benzene rings is 3. The second-order valence-corrected chi connectivity index (χ2v) is 9.44. The van der Waals surface area contributed by atoms with Crippen molar-refractivity contribution < 1.29 is 17.6 Å². The maximum atomic E-state index is 13.4. The predicted molar refractivity (Wildman–Crippen MR) is 129 cm³/mol. The maximum Gasteiger partial charge on any atom is 0.264 e. The molecule has 4 rings (SSSR count). The third-order valence-electron chi connectivity index (χ3n) is 4.85. The number of oxazole rings is 1. The third-order valence-corrected chi connectivity index (χ3v) is 6.95. The van der Waals surface area contributed by atoms with Gasteiger partial charge in [-0.1, -0.05) is 35.9 Å². The molecular weight excluding hydrogens is 462 g/mol. The number of hydrogen-bond acceptors (Lipinski definition) is 5. The monoisotopic (exact) mass is 481 g/mol. The van der Waals surface area contributed by atoms with E-state index in [1.165, 1.54) is 24.3 Å². The normalized spacial score (nSPS) is 11.3. The van der Waals surface area contributed by atoms with Gasteiger partial charge in [0.25, 0.3) is 15.9 Å². The minimum absolute atomic E-state index is 0.0135. The molecule has 3 aromatic carbocycles. The van der Waals surface area contributed by atoms with Gasteiger partial charge in [0.2, 0.25) is 0 Å². The Morgan fingerprint density at radius 1 is 1.15 bits per heavy atom. The number of anilines is 2. The van der Waals surface area contributed by atoms with E-state index in [9.17, 15) is 13.2 Å². The minimum Gasteiger partial charge on any atom is -0.441 e. The van der Waals surface area contributed by atoms with E-state index in [0.717, 1.165) is 4.31 Å². The minimum atomic E-state index is -4.02. The summed E-state index contributed by atoms with van der Waals surface area (Å²) in [5, 5.41) is 3.05. The molecule has 1 N–H and O–H groups in total. The Morgan fingerprint density at radius 2 is 1.94 bits per heavy atom. The van der Waals surface area contributed by atoms with Crippen LogP contribution in [0.4, 0.5) is 11.4 Å². The molecule has 0 saturated carbocycles. The van der Waals surface area contributed by atoms with Gasteiger partial charge >= 0.3 is 0 Å². The van der Waals surface area contributed by atoms with Crippen molar-refractivity contribution in [1.82, 2.24) is 4.98 Å². The van der Waals surface area contributed by atoms with Crippen molar-refractivity contribution >= 4 is 50.0 Å². The lowest BCUT2D eigenvalue weighted by molar-refractivity contribution is 0.102. The molecule has 1 heterocycles. The zero-order valence-electron chi connectivity index (χ0n) is 17.7. The summed E-state index contributed by atoms with van der Waals surface area (Å²) in [6.45, 7) is 5.41. The van der Waals surface area contributed by atoms with Crippen molar-refractivity contribution in [3.05, 3.63) is 95.9 Å². The molecule has 0 bridgehead atoms. The van der Waals surface area contributed by atoms with Crippen LogP contribution in [0.25, 0.3) is 11.1 Å². The average molecular weight is 482 g/mol. The molecular formula is C24H20ClN3O4S. The van der Waals surface area contributed by atoms with E-state index < -0.39 is 15.9 Å². The highest BCUT2D eigenvalue weighted by Gasteiger charge is 2.26. The second-order valence-electron chi connectivity index (χ2n) is 7.17. The summed E-state index contributed by atoms with van der Waals surface area (Å²) in [6, 6.07) is 17.5. The third kappa shape index (κ3) is 4.62. The summed E-state index contributed by atoms with van der Waals surface area (Å²) >= 11 is 6.25. The number of fused-ring (bicyclic) bond motifs is 1. The average Bonchev–Trinajstić information content (AvgIpc) is 3.17. The molecule has 4 aromatic rings. The van der Waals surface area contributed by atoms with Crippen molar-refractivity contribution in [3.8, 4) is 0 Å². The first kappa shape index (κ1) is 22.6. The van der Waals surface area contributed by atoms with Crippen LogP contribution in [0.5, 0.6) is 0 Å². The SMILES string of the molecule is C=CCN(c1ccccc1Cl)S(=O)(=O)c1cccc(C(=O)Nc2ccc3oc(C)nc3c2)c1. The fourth-order valence-electron chi connectivity index (χ4n) is 3.35. The van der Waals surface area contributed by atoms with Crippen LogP contribution >= 0.6 is 11.6 Å². The smallest absolute Gasteiger partial charge is 0.264 e. The summed E-state index contributed by atoms with van der Waals surface area (Å²) in [5.74, 6) is 0.0635. The summed E-state index contributed by atoms with van der Waals surface area (Å²) in [5.41, 5.74) is 2.25. The van der Waals surface area contributed by atoms with E-state index in [-0.39, 0.29) is 22.0 Å². The molecule has 0 aliphatic rings. The van der Waals surface area contributed by atoms with Crippen molar-refractivity contribution in [3.63, 3.8) is 0 Å². The quantitative estimate of drug-likeness (QED) is 0.355. The fraction of sp³-hybridized carbons (Fsp3) is 0.0833. The number of amides is 1. The standard InChI is InChI=1S/C24H20ClN3O4S/c1-3-13-28(22-10-5-4-9-20(22)25)33(30,31)19-8-6-7-17(14-19)24(29)27-18-11-12-23-21(15-18)26-16(2)32-23/h3-12,14-15H,1,13H2,2H3,(H,27,29). The van der Waals surface area contributed by atoms with Crippen LogP contribution in [0.3, 0.4) is 0 Å². The number of sulfonamides is 1. The number of aryl methyl sites for hydroxylation is 1. The molecule has 0 aliphatic carbocycles. The molecule has 168 valence electrons. The van der Waals surface area contributed by atoms with Gasteiger partial charge in [-0.25, -0.2) is 13.4 Å². The highest BCUT2D eigenvalue weighted by molar-refractivity contribution is 7.92. The van der Waals surface area contributed by atoms with Crippen LogP contribution in [0.1, 0.15) is 16.2 Å². The number of rotatable bonds is 7. The Hall–Kier alpha value is -3.62. The summed E-state index contributed by atoms with van der Waals surface area (Å²) in [4.78, 5) is 17.1. The zero-order chi connectivity index (χ0) is 23.6. The molecule has 0 saturated heterocycles. The van der Waals surface area contributed by atoms with Crippen LogP contribution in [-0.2, 0) is 10.0 Å². The van der Waals surface area contributed by atoms with Gasteiger partial charge in [-0.2, -0.15) is 0 Å². The Balaban J connectivity index is 1.64. The first-order valence-corrected chi connectivity index (χ1v) is 11.8. The lowest BCUT2D eigenvalue weighted by Gasteiger charge is -2.24. The molecule has 1 aromatic heterocycles. The van der Waals surface area contributed by atoms with Crippen LogP contribution in [0, 0.1) is 6.92 Å². The molecule has 0 spiro atoms. The van der Waals surface area contributed by atoms with Gasteiger partial charge in [-0.3, -0.25) is 9.10 Å². The first-order valence-electron chi connectivity index (χ1n) is 9.96. The Kier molecular flexibility index (Phi) is 6.22. The van der Waals surface area contributed by atoms with Gasteiger partial charge in [-0.15, -0.1) is 6.58 Å². The molecule has 7 nitrogen and oxygen atoms in total. The number of halogens is 1. The molecule has 1 amide bonds. The summed E-state index contributed by atoms with van der Waals surface area (Å²) < 4.78 is 33.4. The Labute approximate surface area is 196 Å². The van der Waals surface area contributed by atoms with Crippen molar-refractivity contribution in [2.45, 2.75) is 11.8 Å². The maximum absolute atomic E-state index is 13.4. The van der Waals surface area contributed by atoms with E-state index in [1.807, 2.05) is 0 Å². The van der Waals surface area contributed by atoms with Gasteiger partial charge < -0.3 is 9.73 Å². The van der Waals surface area contributed by atoms with Crippen molar-refractivity contribution in [2.75, 3.05) is 16.2 Å². The van der Waals surface area contributed by atoms with Gasteiger partial charge in [0, 0.05) is 18.2 Å². The van der Waals surface area contributed by atoms with Crippen molar-refractivity contribution in [2.24, 2.45) is 0 Å². The number of nitrogens with one attached hydrogen (secondary N) is 1. The number of nitrogens with zero attached hydrogens (tertiary/aromatic N) is 2. The number of carbonyl (C=O) groups excluding carboxylic acids is 1. The van der Waals surface area contributed by atoms with E-state index >= 15 is 0 Å². The van der Waals surface area contributed by atoms with Gasteiger partial charge in [0.15, 0.2) is 11.5 Å². The second kappa shape index (κ2) is 9.09. The lowest BCUT2D eigenvalue weighted by atomic mass is 10.2. The molecule has 0 fully saturated rings. The first-order chi connectivity index (χ1) is 15.8. The Morgan fingerprint density at radius 3 is 2.70 bits per heavy atom. The van der Waals surface area contributed by atoms with Crippen LogP contribution in [0.2, 0.25) is 5.02 Å². The molecule has 0 unspecified atom stereocenters. The molecule has 9 heteroatoms. The van der Waals surface area contributed by atoms with Gasteiger partial charge in [0.05, 0.1) is 22.2 Å². The topological polar surface area (TPSA) is 92.5 Å². The summed E-state index contributed by atoms with van der Waals surface area (Å²) in [7, 11) is -4.02. The number of para-hydroxylation sites is 1. The van der Waals surface area contributed by atoms with E-state index in [0.29, 0.717) is 28.4 Å². The Bertz CT molecular complexity index is 1460. The fourth-order valence-corrected chi connectivity index (χ4v) is 5.13. The molecule has 0 atom stereocenters. The zero-order valence-corrected chi connectivity index (χ0v) is 19.2. The summed E-state index contributed by atoms with van der Waals surface area (Å²) in [6.07, 6.45) is 1.47. The molecule has 33 heavy (non-hydrogen) atoms. The predicted octanol–water partition coefficient (Wildman–Crippen LogP) is 5.42. The lowest BCUT2D eigenvalue weighted by Crippen LogP contribution is -2.31. The number of hydrogen-bond donors (Lipinski definition) is 1.